The van der Waals surface area contributed by atoms with Crippen LogP contribution in [0, 0.1) is 15.9 Å². The average Bonchev–Trinajstić information content (AvgIpc) is 2.69. The van der Waals surface area contributed by atoms with Gasteiger partial charge in [-0.15, -0.1) is 0 Å². The van der Waals surface area contributed by atoms with Gasteiger partial charge in [0.25, 0.3) is 5.69 Å². The number of carbonyl (C=O) groups is 1. The molecule has 2 atom stereocenters. The average molecular weight is 284 g/mol. The Bertz CT molecular complexity index is 551. The van der Waals surface area contributed by atoms with Gasteiger partial charge in [0.2, 0.25) is 0 Å². The lowest BCUT2D eigenvalue weighted by atomic mass is 10.1. The van der Waals surface area contributed by atoms with Gasteiger partial charge in [0.05, 0.1) is 17.1 Å². The number of aliphatic hydroxyl groups excluding tert-OH is 1. The summed E-state index contributed by atoms with van der Waals surface area (Å²) in [6.07, 6.45) is -0.674. The lowest BCUT2D eigenvalue weighted by Crippen LogP contribution is -2.35. The summed E-state index contributed by atoms with van der Waals surface area (Å²) < 4.78 is 13.3. The molecule has 0 bridgehead atoms. The lowest BCUT2D eigenvalue weighted by Gasteiger charge is -2.20. The molecule has 1 fully saturated rings. The number of carboxylic acid groups (broad SMARTS) is 1. The Balaban J connectivity index is 2.21. The van der Waals surface area contributed by atoms with Gasteiger partial charge >= 0.3 is 5.97 Å². The summed E-state index contributed by atoms with van der Waals surface area (Å²) in [7, 11) is 0. The monoisotopic (exact) mass is 284 g/mol. The van der Waals surface area contributed by atoms with Crippen molar-refractivity contribution in [1.29, 1.82) is 0 Å². The van der Waals surface area contributed by atoms with Gasteiger partial charge in [-0.1, -0.05) is 0 Å². The number of nitrogens with zero attached hydrogens (tertiary/aromatic N) is 2. The Hall–Kier alpha value is -2.06. The second kappa shape index (κ2) is 5.51. The molecule has 0 aromatic heterocycles. The first kappa shape index (κ1) is 14.4. The largest absolute Gasteiger partial charge is 0.480 e. The number of hydrogen-bond donors (Lipinski definition) is 2. The fraction of sp³-hybridized carbons (Fsp3) is 0.417. The SMILES string of the molecule is O=C(O)C1CC(O)CN1Cc1cc(F)cc([N+](=O)[O-])c1. The van der Waals surface area contributed by atoms with E-state index in [1.807, 2.05) is 0 Å². The molecule has 2 N–H and O–H groups in total. The molecule has 1 saturated heterocycles. The molecule has 2 rings (SSSR count). The quantitative estimate of drug-likeness (QED) is 0.624. The zero-order valence-corrected chi connectivity index (χ0v) is 10.4. The van der Waals surface area contributed by atoms with Gasteiger partial charge in [0, 0.05) is 25.6 Å². The van der Waals surface area contributed by atoms with E-state index in [0.29, 0.717) is 5.56 Å². The number of carboxylic acids is 1. The van der Waals surface area contributed by atoms with E-state index in [9.17, 15) is 24.4 Å². The number of aliphatic carboxylic acids is 1. The molecule has 7 nitrogen and oxygen atoms in total. The number of hydrogen-bond acceptors (Lipinski definition) is 5. The summed E-state index contributed by atoms with van der Waals surface area (Å²) in [4.78, 5) is 22.5. The molecule has 0 aliphatic carbocycles. The van der Waals surface area contributed by atoms with Crippen LogP contribution in [0.25, 0.3) is 0 Å². The van der Waals surface area contributed by atoms with Gasteiger partial charge in [0.1, 0.15) is 11.9 Å². The van der Waals surface area contributed by atoms with E-state index in [1.165, 1.54) is 11.0 Å². The Morgan fingerprint density at radius 2 is 2.20 bits per heavy atom. The summed E-state index contributed by atoms with van der Waals surface area (Å²) in [6, 6.07) is 2.26. The van der Waals surface area contributed by atoms with Crippen LogP contribution < -0.4 is 0 Å². The van der Waals surface area contributed by atoms with Crippen LogP contribution in [0.4, 0.5) is 10.1 Å². The summed E-state index contributed by atoms with van der Waals surface area (Å²) in [5.74, 6) is -1.83. The second-order valence-electron chi connectivity index (χ2n) is 4.75. The summed E-state index contributed by atoms with van der Waals surface area (Å²) in [6.45, 7) is 0.175. The third kappa shape index (κ3) is 3.09. The van der Waals surface area contributed by atoms with Crippen LogP contribution >= 0.6 is 0 Å². The number of likely N-dealkylation sites (tertiary alicyclic amines) is 1. The molecule has 1 aliphatic rings. The first-order valence-electron chi connectivity index (χ1n) is 5.95. The minimum Gasteiger partial charge on any atom is -0.480 e. The van der Waals surface area contributed by atoms with E-state index in [4.69, 9.17) is 5.11 Å². The number of non-ortho nitro benzene ring substituents is 1. The van der Waals surface area contributed by atoms with Crippen molar-refractivity contribution in [2.75, 3.05) is 6.54 Å². The summed E-state index contributed by atoms with van der Waals surface area (Å²) in [5, 5.41) is 29.2. The minimum atomic E-state index is -1.08. The first-order chi connectivity index (χ1) is 9.36. The number of rotatable bonds is 4. The number of halogens is 1. The van der Waals surface area contributed by atoms with Crippen LogP contribution in [0.1, 0.15) is 12.0 Å². The smallest absolute Gasteiger partial charge is 0.321 e. The van der Waals surface area contributed by atoms with Crippen molar-refractivity contribution in [1.82, 2.24) is 4.90 Å². The molecule has 0 amide bonds. The van der Waals surface area contributed by atoms with E-state index in [0.717, 1.165) is 12.1 Å². The zero-order chi connectivity index (χ0) is 14.9. The number of nitro groups is 1. The Labute approximate surface area is 113 Å². The van der Waals surface area contributed by atoms with Crippen molar-refractivity contribution < 1.29 is 24.3 Å². The van der Waals surface area contributed by atoms with Crippen LogP contribution in [0.2, 0.25) is 0 Å². The van der Waals surface area contributed by atoms with Gasteiger partial charge in [-0.05, 0) is 11.6 Å². The molecular weight excluding hydrogens is 271 g/mol. The van der Waals surface area contributed by atoms with Gasteiger partial charge in [0.15, 0.2) is 0 Å². The van der Waals surface area contributed by atoms with Crippen LogP contribution in [-0.2, 0) is 11.3 Å². The van der Waals surface area contributed by atoms with Gasteiger partial charge in [-0.25, -0.2) is 4.39 Å². The molecule has 0 spiro atoms. The normalized spacial score (nSPS) is 22.9. The number of β-amino-alcohol motifs (C(OH)–C–C–N with tert-alkyl or cyclic N) is 1. The molecule has 0 saturated carbocycles. The molecule has 1 aromatic rings. The topological polar surface area (TPSA) is 104 Å². The maximum Gasteiger partial charge on any atom is 0.321 e. The van der Waals surface area contributed by atoms with E-state index in [1.54, 1.807) is 0 Å². The van der Waals surface area contributed by atoms with E-state index in [2.05, 4.69) is 0 Å². The van der Waals surface area contributed by atoms with Crippen molar-refractivity contribution in [3.8, 4) is 0 Å². The molecule has 1 aromatic carbocycles. The van der Waals surface area contributed by atoms with Crippen molar-refractivity contribution in [2.24, 2.45) is 0 Å². The van der Waals surface area contributed by atoms with Crippen LogP contribution in [-0.4, -0.2) is 44.7 Å². The first-order valence-corrected chi connectivity index (χ1v) is 5.95. The molecule has 8 heteroatoms. The highest BCUT2D eigenvalue weighted by atomic mass is 19.1. The molecule has 2 unspecified atom stereocenters. The zero-order valence-electron chi connectivity index (χ0n) is 10.4. The highest BCUT2D eigenvalue weighted by Gasteiger charge is 2.35. The maximum absolute atomic E-state index is 13.3. The predicted molar refractivity (Wildman–Crippen MR) is 65.5 cm³/mol. The van der Waals surface area contributed by atoms with E-state index >= 15 is 0 Å². The van der Waals surface area contributed by atoms with Crippen molar-refractivity contribution in [2.45, 2.75) is 25.1 Å². The highest BCUT2D eigenvalue weighted by molar-refractivity contribution is 5.74. The van der Waals surface area contributed by atoms with Crippen LogP contribution in [0.3, 0.4) is 0 Å². The van der Waals surface area contributed by atoms with Crippen molar-refractivity contribution in [3.63, 3.8) is 0 Å². The lowest BCUT2D eigenvalue weighted by molar-refractivity contribution is -0.385. The fourth-order valence-corrected chi connectivity index (χ4v) is 2.38. The molecule has 20 heavy (non-hydrogen) atoms. The Morgan fingerprint density at radius 3 is 2.80 bits per heavy atom. The molecular formula is C12H13FN2O5. The molecule has 1 heterocycles. The third-order valence-corrected chi connectivity index (χ3v) is 3.21. The predicted octanol–water partition coefficient (Wildman–Crippen LogP) is 0.754. The van der Waals surface area contributed by atoms with Gasteiger partial charge in [-0.3, -0.25) is 19.8 Å². The Morgan fingerprint density at radius 1 is 1.50 bits per heavy atom. The number of aliphatic hydroxyl groups is 1. The van der Waals surface area contributed by atoms with E-state index in [-0.39, 0.29) is 25.2 Å². The van der Waals surface area contributed by atoms with Crippen LogP contribution in [0.5, 0.6) is 0 Å². The van der Waals surface area contributed by atoms with Crippen molar-refractivity contribution >= 4 is 11.7 Å². The molecule has 0 radical (unpaired) electrons. The van der Waals surface area contributed by atoms with Gasteiger partial charge in [-0.2, -0.15) is 0 Å². The molecule has 108 valence electrons. The summed E-state index contributed by atoms with van der Waals surface area (Å²) >= 11 is 0. The minimum absolute atomic E-state index is 0.0344. The maximum atomic E-state index is 13.3. The standard InChI is InChI=1S/C12H13FN2O5/c13-8-1-7(2-9(3-8)15(19)20)5-14-6-10(16)4-11(14)12(17)18/h1-3,10-11,16H,4-6H2,(H,17,18). The van der Waals surface area contributed by atoms with Gasteiger partial charge < -0.3 is 10.2 Å². The number of nitro benzene ring substituents is 1. The molecule has 1 aliphatic heterocycles. The summed E-state index contributed by atoms with van der Waals surface area (Å²) in [5.41, 5.74) is -0.0799. The van der Waals surface area contributed by atoms with Crippen molar-refractivity contribution in [3.05, 3.63) is 39.7 Å². The number of benzene rings is 1. The highest BCUT2D eigenvalue weighted by Crippen LogP contribution is 2.23. The fourth-order valence-electron chi connectivity index (χ4n) is 2.38. The Kier molecular flexibility index (Phi) is 3.96. The van der Waals surface area contributed by atoms with E-state index < -0.39 is 28.9 Å². The third-order valence-electron chi connectivity index (χ3n) is 3.21. The second-order valence-corrected chi connectivity index (χ2v) is 4.75. The van der Waals surface area contributed by atoms with Crippen LogP contribution in [0.15, 0.2) is 18.2 Å².